The van der Waals surface area contributed by atoms with Crippen LogP contribution in [0.25, 0.3) is 0 Å². The van der Waals surface area contributed by atoms with Gasteiger partial charge in [-0.25, -0.2) is 14.4 Å². The number of hydrogen-bond acceptors (Lipinski definition) is 7. The van der Waals surface area contributed by atoms with Gasteiger partial charge in [-0.3, -0.25) is 4.79 Å². The van der Waals surface area contributed by atoms with Crippen LogP contribution in [-0.4, -0.2) is 85.0 Å². The average Bonchev–Trinajstić information content (AvgIpc) is 2.86. The zero-order valence-corrected chi connectivity index (χ0v) is 22.3. The third-order valence-electron chi connectivity index (χ3n) is 5.51. The van der Waals surface area contributed by atoms with Crippen molar-refractivity contribution in [2.45, 2.75) is 65.2 Å². The zero-order chi connectivity index (χ0) is 27.3. The largest absolute Gasteiger partial charge is 0.450 e. The number of rotatable bonds is 10. The van der Waals surface area contributed by atoms with E-state index in [1.54, 1.807) is 37.5 Å². The molecule has 206 valence electrons. The fourth-order valence-electron chi connectivity index (χ4n) is 3.69. The Bertz CT molecular complexity index is 881. The molecule has 1 fully saturated rings. The average molecular weight is 521 g/mol. The van der Waals surface area contributed by atoms with E-state index < -0.39 is 29.9 Å². The van der Waals surface area contributed by atoms with Gasteiger partial charge in [0.2, 0.25) is 5.91 Å². The van der Waals surface area contributed by atoms with Gasteiger partial charge in [0.15, 0.2) is 0 Å². The second kappa shape index (κ2) is 14.9. The van der Waals surface area contributed by atoms with Crippen LogP contribution in [0.3, 0.4) is 0 Å². The minimum absolute atomic E-state index is 0.187. The Balaban J connectivity index is 1.82. The lowest BCUT2D eigenvalue weighted by Crippen LogP contribution is -2.56. The summed E-state index contributed by atoms with van der Waals surface area (Å²) < 4.78 is 15.6. The first-order valence-electron chi connectivity index (χ1n) is 12.7. The number of piperazine rings is 1. The van der Waals surface area contributed by atoms with Gasteiger partial charge in [-0.1, -0.05) is 30.3 Å². The molecule has 0 spiro atoms. The van der Waals surface area contributed by atoms with Crippen molar-refractivity contribution in [2.24, 2.45) is 0 Å². The van der Waals surface area contributed by atoms with Crippen LogP contribution in [0.2, 0.25) is 0 Å². The second-order valence-electron chi connectivity index (χ2n) is 9.69. The molecule has 0 radical (unpaired) electrons. The third kappa shape index (κ3) is 11.4. The summed E-state index contributed by atoms with van der Waals surface area (Å²) in [7, 11) is 0. The molecule has 11 nitrogen and oxygen atoms in total. The molecule has 1 heterocycles. The van der Waals surface area contributed by atoms with E-state index in [1.165, 1.54) is 0 Å². The molecule has 1 aliphatic rings. The van der Waals surface area contributed by atoms with Gasteiger partial charge >= 0.3 is 18.3 Å². The minimum Gasteiger partial charge on any atom is -0.450 e. The highest BCUT2D eigenvalue weighted by Crippen LogP contribution is 2.12. The predicted octanol–water partition coefficient (Wildman–Crippen LogP) is 3.28. The Morgan fingerprint density at radius 1 is 0.919 bits per heavy atom. The van der Waals surface area contributed by atoms with Crippen LogP contribution in [0, 0.1) is 0 Å². The van der Waals surface area contributed by atoms with Crippen LogP contribution < -0.4 is 10.6 Å². The zero-order valence-electron chi connectivity index (χ0n) is 22.3. The maximum atomic E-state index is 13.2. The molecule has 0 unspecified atom stereocenters. The fourth-order valence-corrected chi connectivity index (χ4v) is 3.69. The Labute approximate surface area is 218 Å². The monoisotopic (exact) mass is 520 g/mol. The van der Waals surface area contributed by atoms with Crippen LogP contribution in [0.15, 0.2) is 30.3 Å². The van der Waals surface area contributed by atoms with Crippen molar-refractivity contribution in [3.63, 3.8) is 0 Å². The van der Waals surface area contributed by atoms with Crippen molar-refractivity contribution < 1.29 is 33.4 Å². The van der Waals surface area contributed by atoms with E-state index in [-0.39, 0.29) is 12.5 Å². The topological polar surface area (TPSA) is 127 Å². The van der Waals surface area contributed by atoms with E-state index in [2.05, 4.69) is 10.6 Å². The highest BCUT2D eigenvalue weighted by Gasteiger charge is 2.31. The number of amides is 4. The summed E-state index contributed by atoms with van der Waals surface area (Å²) in [6.07, 6.45) is -0.0314. The highest BCUT2D eigenvalue weighted by atomic mass is 16.6. The van der Waals surface area contributed by atoms with E-state index in [1.807, 2.05) is 30.3 Å². The van der Waals surface area contributed by atoms with Crippen molar-refractivity contribution in [3.05, 3.63) is 35.9 Å². The number of alkyl carbamates (subject to hydrolysis) is 2. The van der Waals surface area contributed by atoms with Gasteiger partial charge in [-0.2, -0.15) is 0 Å². The fraction of sp³-hybridized carbons (Fsp3) is 0.615. The smallest absolute Gasteiger partial charge is 0.409 e. The summed E-state index contributed by atoms with van der Waals surface area (Å²) in [4.78, 5) is 52.7. The van der Waals surface area contributed by atoms with Crippen molar-refractivity contribution in [3.8, 4) is 0 Å². The number of ether oxygens (including phenoxy) is 3. The molecular formula is C26H40N4O7. The van der Waals surface area contributed by atoms with E-state index >= 15 is 0 Å². The first-order chi connectivity index (χ1) is 17.6. The minimum atomic E-state index is -0.783. The molecule has 0 bridgehead atoms. The molecule has 0 saturated carbocycles. The summed E-state index contributed by atoms with van der Waals surface area (Å²) in [5, 5.41) is 5.39. The van der Waals surface area contributed by atoms with Crippen molar-refractivity contribution in [2.75, 3.05) is 39.3 Å². The van der Waals surface area contributed by atoms with Crippen molar-refractivity contribution in [1.82, 2.24) is 20.4 Å². The Hall–Kier alpha value is -3.50. The van der Waals surface area contributed by atoms with Gasteiger partial charge in [0.25, 0.3) is 0 Å². The molecule has 2 rings (SSSR count). The van der Waals surface area contributed by atoms with E-state index in [9.17, 15) is 19.2 Å². The molecule has 1 aromatic rings. The molecule has 1 atom stereocenters. The Kier molecular flexibility index (Phi) is 12.0. The lowest BCUT2D eigenvalue weighted by atomic mass is 10.1. The van der Waals surface area contributed by atoms with Gasteiger partial charge in [-0.15, -0.1) is 0 Å². The van der Waals surface area contributed by atoms with E-state index in [0.29, 0.717) is 58.6 Å². The SMILES string of the molecule is CCOC(=O)N1CCN(C(=O)[C@H](CCCCNC(=O)OCc2ccccc2)NC(=O)OC(C)(C)C)CC1. The number of hydrogen-bond donors (Lipinski definition) is 2. The molecule has 0 aromatic heterocycles. The number of benzene rings is 1. The summed E-state index contributed by atoms with van der Waals surface area (Å²) in [6.45, 7) is 9.26. The van der Waals surface area contributed by atoms with Gasteiger partial charge in [-0.05, 0) is 52.5 Å². The van der Waals surface area contributed by atoms with Gasteiger partial charge in [0.05, 0.1) is 6.61 Å². The molecule has 37 heavy (non-hydrogen) atoms. The second-order valence-corrected chi connectivity index (χ2v) is 9.69. The number of carbonyl (C=O) groups excluding carboxylic acids is 4. The van der Waals surface area contributed by atoms with Crippen LogP contribution in [0.4, 0.5) is 14.4 Å². The Morgan fingerprint density at radius 3 is 2.19 bits per heavy atom. The van der Waals surface area contributed by atoms with Gasteiger partial charge in [0.1, 0.15) is 18.2 Å². The molecule has 4 amide bonds. The number of carbonyl (C=O) groups is 4. The maximum absolute atomic E-state index is 13.2. The predicted molar refractivity (Wildman–Crippen MR) is 137 cm³/mol. The van der Waals surface area contributed by atoms with Gasteiger partial charge in [0, 0.05) is 32.7 Å². The first kappa shape index (κ1) is 29.7. The maximum Gasteiger partial charge on any atom is 0.409 e. The highest BCUT2D eigenvalue weighted by molar-refractivity contribution is 5.86. The van der Waals surface area contributed by atoms with E-state index in [4.69, 9.17) is 14.2 Å². The van der Waals surface area contributed by atoms with Crippen LogP contribution in [0.5, 0.6) is 0 Å². The molecule has 1 aromatic carbocycles. The molecule has 11 heteroatoms. The lowest BCUT2D eigenvalue weighted by molar-refractivity contribution is -0.135. The number of unbranched alkanes of at least 4 members (excludes halogenated alkanes) is 1. The summed E-state index contributed by atoms with van der Waals surface area (Å²) >= 11 is 0. The van der Waals surface area contributed by atoms with Crippen LogP contribution in [0.1, 0.15) is 52.5 Å². The summed E-state index contributed by atoms with van der Waals surface area (Å²) in [6, 6.07) is 8.61. The van der Waals surface area contributed by atoms with Crippen molar-refractivity contribution in [1.29, 1.82) is 0 Å². The van der Waals surface area contributed by atoms with Crippen LogP contribution >= 0.6 is 0 Å². The lowest BCUT2D eigenvalue weighted by Gasteiger charge is -2.36. The quantitative estimate of drug-likeness (QED) is 0.358. The third-order valence-corrected chi connectivity index (χ3v) is 5.51. The van der Waals surface area contributed by atoms with E-state index in [0.717, 1.165) is 5.56 Å². The van der Waals surface area contributed by atoms with Crippen molar-refractivity contribution >= 4 is 24.2 Å². The molecule has 1 saturated heterocycles. The molecular weight excluding hydrogens is 480 g/mol. The molecule has 1 aliphatic heterocycles. The molecule has 0 aliphatic carbocycles. The standard InChI is InChI=1S/C26H40N4O7/c1-5-35-25(34)30-17-15-29(16-18-30)22(31)21(28-24(33)37-26(2,3)4)13-9-10-14-27-23(32)36-19-20-11-7-6-8-12-20/h6-8,11-12,21H,5,9-10,13-19H2,1-4H3,(H,27,32)(H,28,33)/t21-/m0/s1. The number of nitrogens with zero attached hydrogens (tertiary/aromatic N) is 2. The first-order valence-corrected chi connectivity index (χ1v) is 12.7. The summed E-state index contributed by atoms with van der Waals surface area (Å²) in [5.41, 5.74) is 0.197. The van der Waals surface area contributed by atoms with Crippen LogP contribution in [-0.2, 0) is 25.6 Å². The Morgan fingerprint density at radius 2 is 1.57 bits per heavy atom. The normalized spacial score (nSPS) is 14.4. The molecule has 2 N–H and O–H groups in total. The number of nitrogens with one attached hydrogen (secondary N) is 2. The summed E-state index contributed by atoms with van der Waals surface area (Å²) in [5.74, 6) is -0.232. The van der Waals surface area contributed by atoms with Gasteiger partial charge < -0.3 is 34.6 Å².